The summed E-state index contributed by atoms with van der Waals surface area (Å²) in [7, 11) is 0. The smallest absolute Gasteiger partial charge is 0.410 e. The van der Waals surface area contributed by atoms with Crippen molar-refractivity contribution in [1.82, 2.24) is 15.2 Å². The first-order valence-corrected chi connectivity index (χ1v) is 8.04. The Kier molecular flexibility index (Phi) is 5.58. The Morgan fingerprint density at radius 1 is 1.39 bits per heavy atom. The second kappa shape index (κ2) is 7.44. The summed E-state index contributed by atoms with van der Waals surface area (Å²) in [6, 6.07) is 5.27. The molecule has 1 fully saturated rings. The lowest BCUT2D eigenvalue weighted by Crippen LogP contribution is -2.47. The van der Waals surface area contributed by atoms with Gasteiger partial charge in [0.25, 0.3) is 0 Å². The van der Waals surface area contributed by atoms with E-state index in [1.54, 1.807) is 6.20 Å². The minimum Gasteiger partial charge on any atom is -0.444 e. The third kappa shape index (κ3) is 5.23. The van der Waals surface area contributed by atoms with E-state index in [1.807, 2.05) is 39.0 Å². The topological polar surface area (TPSA) is 71.5 Å². The summed E-state index contributed by atoms with van der Waals surface area (Å²) in [6.07, 6.45) is 3.48. The van der Waals surface area contributed by atoms with E-state index in [-0.39, 0.29) is 5.91 Å². The Balaban J connectivity index is 1.84. The van der Waals surface area contributed by atoms with Gasteiger partial charge < -0.3 is 10.1 Å². The molecule has 1 aromatic heterocycles. The van der Waals surface area contributed by atoms with Crippen LogP contribution in [0.3, 0.4) is 0 Å². The molecule has 6 nitrogen and oxygen atoms in total. The van der Waals surface area contributed by atoms with Crippen LogP contribution >= 0.6 is 0 Å². The quantitative estimate of drug-likeness (QED) is 0.923. The van der Waals surface area contributed by atoms with E-state index < -0.39 is 17.7 Å². The average Bonchev–Trinajstić information content (AvgIpc) is 2.96. The number of nitrogens with one attached hydrogen (secondary N) is 1. The molecule has 1 N–H and O–H groups in total. The molecule has 0 aliphatic carbocycles. The number of hydrogen-bond acceptors (Lipinski definition) is 4. The van der Waals surface area contributed by atoms with Crippen LogP contribution in [0.2, 0.25) is 0 Å². The minimum absolute atomic E-state index is 0.121. The van der Waals surface area contributed by atoms with E-state index in [9.17, 15) is 9.59 Å². The van der Waals surface area contributed by atoms with E-state index in [0.717, 1.165) is 12.1 Å². The predicted molar refractivity (Wildman–Crippen MR) is 86.9 cm³/mol. The van der Waals surface area contributed by atoms with Gasteiger partial charge in [-0.15, -0.1) is 0 Å². The van der Waals surface area contributed by atoms with Crippen LogP contribution in [0.1, 0.15) is 39.3 Å². The van der Waals surface area contributed by atoms with Gasteiger partial charge in [0.05, 0.1) is 0 Å². The third-order valence-corrected chi connectivity index (χ3v) is 3.59. The van der Waals surface area contributed by atoms with Gasteiger partial charge in [-0.05, 0) is 45.7 Å². The molecule has 2 rings (SSSR count). The Bertz CT molecular complexity index is 540. The van der Waals surface area contributed by atoms with Gasteiger partial charge in [-0.2, -0.15) is 0 Å². The standard InChI is InChI=1S/C17H25N3O3/c1-17(2,3)23-16(22)20-12-6-8-14(20)15(21)19-11-9-13-7-4-5-10-18-13/h4-5,7,10,14H,6,8-9,11-12H2,1-3H3,(H,19,21)/t14-/m0/s1. The number of carbonyl (C=O) groups is 2. The van der Waals surface area contributed by atoms with Crippen LogP contribution in [0, 0.1) is 0 Å². The summed E-state index contributed by atoms with van der Waals surface area (Å²) < 4.78 is 5.37. The summed E-state index contributed by atoms with van der Waals surface area (Å²) >= 11 is 0. The number of aromatic nitrogens is 1. The molecule has 2 amide bonds. The number of rotatable bonds is 4. The molecule has 0 radical (unpaired) electrons. The zero-order valence-corrected chi connectivity index (χ0v) is 14.0. The maximum atomic E-state index is 12.3. The SMILES string of the molecule is CC(C)(C)OC(=O)N1CCC[C@H]1C(=O)NCCc1ccccn1. The molecule has 1 atom stereocenters. The largest absolute Gasteiger partial charge is 0.444 e. The number of pyridine rings is 1. The minimum atomic E-state index is -0.556. The monoisotopic (exact) mass is 319 g/mol. The van der Waals surface area contributed by atoms with E-state index >= 15 is 0 Å². The molecule has 1 aliphatic rings. The van der Waals surface area contributed by atoms with E-state index in [2.05, 4.69) is 10.3 Å². The van der Waals surface area contributed by atoms with Crippen LogP contribution < -0.4 is 5.32 Å². The van der Waals surface area contributed by atoms with Gasteiger partial charge in [0.2, 0.25) is 5.91 Å². The molecular weight excluding hydrogens is 294 g/mol. The molecule has 0 unspecified atom stereocenters. The van der Waals surface area contributed by atoms with E-state index in [4.69, 9.17) is 4.74 Å². The van der Waals surface area contributed by atoms with Crippen LogP contribution in [0.5, 0.6) is 0 Å². The van der Waals surface area contributed by atoms with Crippen molar-refractivity contribution in [2.24, 2.45) is 0 Å². The highest BCUT2D eigenvalue weighted by atomic mass is 16.6. The molecule has 23 heavy (non-hydrogen) atoms. The van der Waals surface area contributed by atoms with Crippen LogP contribution in [-0.4, -0.2) is 46.6 Å². The third-order valence-electron chi connectivity index (χ3n) is 3.59. The number of hydrogen-bond donors (Lipinski definition) is 1. The lowest BCUT2D eigenvalue weighted by molar-refractivity contribution is -0.125. The van der Waals surface area contributed by atoms with Gasteiger partial charge in [0.15, 0.2) is 0 Å². The van der Waals surface area contributed by atoms with Crippen molar-refractivity contribution in [3.05, 3.63) is 30.1 Å². The lowest BCUT2D eigenvalue weighted by Gasteiger charge is -2.28. The highest BCUT2D eigenvalue weighted by molar-refractivity contribution is 5.86. The predicted octanol–water partition coefficient (Wildman–Crippen LogP) is 2.14. The fourth-order valence-corrected chi connectivity index (χ4v) is 2.56. The molecule has 0 spiro atoms. The summed E-state index contributed by atoms with van der Waals surface area (Å²) in [5, 5.41) is 2.89. The Labute approximate surface area is 137 Å². The average molecular weight is 319 g/mol. The maximum Gasteiger partial charge on any atom is 0.410 e. The van der Waals surface area contributed by atoms with Crippen LogP contribution in [0.4, 0.5) is 4.79 Å². The first-order valence-electron chi connectivity index (χ1n) is 8.04. The van der Waals surface area contributed by atoms with Gasteiger partial charge in [0, 0.05) is 31.4 Å². The summed E-state index contributed by atoms with van der Waals surface area (Å²) in [5.74, 6) is -0.121. The van der Waals surface area contributed by atoms with Crippen molar-refractivity contribution in [1.29, 1.82) is 0 Å². The number of likely N-dealkylation sites (tertiary alicyclic amines) is 1. The Morgan fingerprint density at radius 3 is 2.83 bits per heavy atom. The van der Waals surface area contributed by atoms with Crippen molar-refractivity contribution >= 4 is 12.0 Å². The highest BCUT2D eigenvalue weighted by Gasteiger charge is 2.36. The second-order valence-corrected chi connectivity index (χ2v) is 6.69. The normalized spacial score (nSPS) is 17.9. The highest BCUT2D eigenvalue weighted by Crippen LogP contribution is 2.20. The summed E-state index contributed by atoms with van der Waals surface area (Å²) in [4.78, 5) is 30.3. The van der Waals surface area contributed by atoms with Gasteiger partial charge >= 0.3 is 6.09 Å². The lowest BCUT2D eigenvalue weighted by atomic mass is 10.2. The zero-order valence-electron chi connectivity index (χ0n) is 14.0. The van der Waals surface area contributed by atoms with Gasteiger partial charge in [-0.3, -0.25) is 14.7 Å². The first kappa shape index (κ1) is 17.2. The molecule has 126 valence electrons. The maximum absolute atomic E-state index is 12.3. The van der Waals surface area contributed by atoms with Gasteiger partial charge in [-0.25, -0.2) is 4.79 Å². The van der Waals surface area contributed by atoms with Crippen LogP contribution in [0.25, 0.3) is 0 Å². The molecular formula is C17H25N3O3. The van der Waals surface area contributed by atoms with Crippen LogP contribution in [0.15, 0.2) is 24.4 Å². The number of nitrogens with zero attached hydrogens (tertiary/aromatic N) is 2. The second-order valence-electron chi connectivity index (χ2n) is 6.69. The molecule has 6 heteroatoms. The zero-order chi connectivity index (χ0) is 16.9. The molecule has 0 bridgehead atoms. The van der Waals surface area contributed by atoms with E-state index in [0.29, 0.717) is 25.9 Å². The molecule has 1 aromatic rings. The van der Waals surface area contributed by atoms with Crippen molar-refractivity contribution in [2.45, 2.75) is 51.7 Å². The Morgan fingerprint density at radius 2 is 2.17 bits per heavy atom. The summed E-state index contributed by atoms with van der Waals surface area (Å²) in [5.41, 5.74) is 0.378. The first-order chi connectivity index (χ1) is 10.9. The van der Waals surface area contributed by atoms with Gasteiger partial charge in [-0.1, -0.05) is 6.07 Å². The van der Waals surface area contributed by atoms with Crippen molar-refractivity contribution in [3.8, 4) is 0 Å². The van der Waals surface area contributed by atoms with Crippen LogP contribution in [-0.2, 0) is 16.0 Å². The molecule has 1 saturated heterocycles. The molecule has 0 saturated carbocycles. The van der Waals surface area contributed by atoms with Crippen molar-refractivity contribution in [3.63, 3.8) is 0 Å². The molecule has 2 heterocycles. The number of carbonyl (C=O) groups excluding carboxylic acids is 2. The Hall–Kier alpha value is -2.11. The van der Waals surface area contributed by atoms with Gasteiger partial charge in [0.1, 0.15) is 11.6 Å². The van der Waals surface area contributed by atoms with E-state index in [1.165, 1.54) is 4.90 Å². The number of amides is 2. The fourth-order valence-electron chi connectivity index (χ4n) is 2.56. The summed E-state index contributed by atoms with van der Waals surface area (Å²) in [6.45, 7) is 6.54. The van der Waals surface area contributed by atoms with Crippen molar-refractivity contribution in [2.75, 3.05) is 13.1 Å². The molecule has 0 aromatic carbocycles. The molecule has 1 aliphatic heterocycles. The van der Waals surface area contributed by atoms with Crippen molar-refractivity contribution < 1.29 is 14.3 Å². The number of ether oxygens (including phenoxy) is 1. The fraction of sp³-hybridized carbons (Fsp3) is 0.588.